The van der Waals surface area contributed by atoms with Crippen molar-refractivity contribution < 1.29 is 14.3 Å². The maximum atomic E-state index is 13.8. The highest BCUT2D eigenvalue weighted by Gasteiger charge is 2.09. The minimum Gasteiger partial charge on any atom is -0.453 e. The van der Waals surface area contributed by atoms with Crippen LogP contribution in [0, 0.1) is 5.82 Å². The minimum atomic E-state index is -0.649. The molecule has 0 spiro atoms. The van der Waals surface area contributed by atoms with Crippen LogP contribution >= 0.6 is 11.6 Å². The number of amidine groups is 1. The molecule has 1 aromatic heterocycles. The van der Waals surface area contributed by atoms with Gasteiger partial charge in [-0.2, -0.15) is 0 Å². The highest BCUT2D eigenvalue weighted by atomic mass is 35.5. The molecule has 3 N–H and O–H groups in total. The van der Waals surface area contributed by atoms with Gasteiger partial charge in [0.2, 0.25) is 0 Å². The molecular formula is C12H9ClFN3O2. The topological polar surface area (TPSA) is 80.7 Å². The van der Waals surface area contributed by atoms with E-state index in [4.69, 9.17) is 27.3 Å². The Morgan fingerprint density at radius 1 is 1.37 bits per heavy atom. The Morgan fingerprint density at radius 2 is 2.16 bits per heavy atom. The van der Waals surface area contributed by atoms with E-state index in [9.17, 15) is 4.39 Å². The molecule has 0 atom stereocenters. The Balaban J connectivity index is 2.27. The maximum Gasteiger partial charge on any atom is 0.170 e. The van der Waals surface area contributed by atoms with Crippen LogP contribution in [0.3, 0.4) is 0 Å². The van der Waals surface area contributed by atoms with Crippen molar-refractivity contribution in [2.45, 2.75) is 0 Å². The van der Waals surface area contributed by atoms with Gasteiger partial charge < -0.3 is 15.7 Å². The standard InChI is InChI=1S/C12H9ClFN3O2/c13-8-4-9(6-16-5-8)19-11-2-1-7(3-10(11)14)12(15)17-18/h1-6,18H,(H2,15,17). The molecular weight excluding hydrogens is 273 g/mol. The Kier molecular flexibility index (Phi) is 3.82. The zero-order valence-electron chi connectivity index (χ0n) is 9.55. The van der Waals surface area contributed by atoms with Crippen LogP contribution in [0.1, 0.15) is 5.56 Å². The molecule has 19 heavy (non-hydrogen) atoms. The first-order valence-corrected chi connectivity index (χ1v) is 5.54. The van der Waals surface area contributed by atoms with Crippen LogP contribution < -0.4 is 10.5 Å². The molecule has 0 bridgehead atoms. The van der Waals surface area contributed by atoms with Crippen molar-refractivity contribution in [2.24, 2.45) is 10.9 Å². The van der Waals surface area contributed by atoms with Gasteiger partial charge in [0.15, 0.2) is 17.4 Å². The van der Waals surface area contributed by atoms with E-state index in [1.807, 2.05) is 0 Å². The third-order valence-corrected chi connectivity index (χ3v) is 2.45. The summed E-state index contributed by atoms with van der Waals surface area (Å²) in [7, 11) is 0. The molecule has 98 valence electrons. The summed E-state index contributed by atoms with van der Waals surface area (Å²) < 4.78 is 19.1. The second-order valence-corrected chi connectivity index (χ2v) is 4.01. The van der Waals surface area contributed by atoms with Crippen LogP contribution in [0.25, 0.3) is 0 Å². The van der Waals surface area contributed by atoms with Crippen LogP contribution in [-0.2, 0) is 0 Å². The first-order valence-electron chi connectivity index (χ1n) is 5.16. The van der Waals surface area contributed by atoms with Crippen molar-refractivity contribution in [3.8, 4) is 11.5 Å². The summed E-state index contributed by atoms with van der Waals surface area (Å²) in [6.45, 7) is 0. The van der Waals surface area contributed by atoms with Gasteiger partial charge in [0.25, 0.3) is 0 Å². The smallest absolute Gasteiger partial charge is 0.170 e. The fourth-order valence-electron chi connectivity index (χ4n) is 1.38. The summed E-state index contributed by atoms with van der Waals surface area (Å²) in [5, 5.41) is 11.7. The number of nitrogens with two attached hydrogens (primary N) is 1. The Hall–Kier alpha value is -2.34. The molecule has 0 saturated heterocycles. The van der Waals surface area contributed by atoms with Crippen LogP contribution in [0.5, 0.6) is 11.5 Å². The van der Waals surface area contributed by atoms with Gasteiger partial charge in [0.1, 0.15) is 5.75 Å². The second kappa shape index (κ2) is 5.53. The normalized spacial score (nSPS) is 11.4. The van der Waals surface area contributed by atoms with Gasteiger partial charge in [0.05, 0.1) is 11.2 Å². The lowest BCUT2D eigenvalue weighted by Gasteiger charge is -2.07. The molecule has 0 unspecified atom stereocenters. The average molecular weight is 282 g/mol. The van der Waals surface area contributed by atoms with Crippen LogP contribution in [0.15, 0.2) is 41.8 Å². The highest BCUT2D eigenvalue weighted by molar-refractivity contribution is 6.30. The third-order valence-electron chi connectivity index (χ3n) is 2.24. The summed E-state index contributed by atoms with van der Waals surface area (Å²) in [5.41, 5.74) is 5.60. The monoisotopic (exact) mass is 281 g/mol. The van der Waals surface area contributed by atoms with E-state index in [1.54, 1.807) is 0 Å². The molecule has 0 aliphatic carbocycles. The van der Waals surface area contributed by atoms with E-state index in [0.29, 0.717) is 10.8 Å². The second-order valence-electron chi connectivity index (χ2n) is 3.57. The lowest BCUT2D eigenvalue weighted by molar-refractivity contribution is 0.318. The number of hydrogen-bond acceptors (Lipinski definition) is 4. The quantitative estimate of drug-likeness (QED) is 0.392. The number of rotatable bonds is 3. The summed E-state index contributed by atoms with van der Waals surface area (Å²) in [6, 6.07) is 5.43. The summed E-state index contributed by atoms with van der Waals surface area (Å²) >= 11 is 5.74. The van der Waals surface area contributed by atoms with Crippen molar-refractivity contribution in [1.82, 2.24) is 4.98 Å². The van der Waals surface area contributed by atoms with Crippen molar-refractivity contribution in [2.75, 3.05) is 0 Å². The van der Waals surface area contributed by atoms with Crippen molar-refractivity contribution in [3.05, 3.63) is 53.1 Å². The molecule has 0 fully saturated rings. The summed E-state index contributed by atoms with van der Waals surface area (Å²) in [4.78, 5) is 3.82. The molecule has 1 heterocycles. The number of pyridine rings is 1. The molecule has 5 nitrogen and oxygen atoms in total. The Labute approximate surface area is 113 Å². The third kappa shape index (κ3) is 3.11. The zero-order chi connectivity index (χ0) is 13.8. The molecule has 0 amide bonds. The molecule has 7 heteroatoms. The van der Waals surface area contributed by atoms with Crippen LogP contribution in [0.4, 0.5) is 4.39 Å². The van der Waals surface area contributed by atoms with Crippen LogP contribution in [-0.4, -0.2) is 16.0 Å². The fraction of sp³-hybridized carbons (Fsp3) is 0. The number of aromatic nitrogens is 1. The van der Waals surface area contributed by atoms with E-state index >= 15 is 0 Å². The Bertz CT molecular complexity index is 634. The number of hydrogen-bond donors (Lipinski definition) is 2. The summed E-state index contributed by atoms with van der Waals surface area (Å²) in [5.74, 6) is -0.541. The van der Waals surface area contributed by atoms with E-state index in [0.717, 1.165) is 6.07 Å². The number of nitrogens with zero attached hydrogens (tertiary/aromatic N) is 2. The molecule has 2 aromatic rings. The maximum absolute atomic E-state index is 13.8. The van der Waals surface area contributed by atoms with Crippen molar-refractivity contribution >= 4 is 17.4 Å². The van der Waals surface area contributed by atoms with E-state index in [1.165, 1.54) is 30.6 Å². The largest absolute Gasteiger partial charge is 0.453 e. The van der Waals surface area contributed by atoms with Crippen molar-refractivity contribution in [1.29, 1.82) is 0 Å². The molecule has 0 aliphatic heterocycles. The van der Waals surface area contributed by atoms with E-state index in [-0.39, 0.29) is 17.1 Å². The highest BCUT2D eigenvalue weighted by Crippen LogP contribution is 2.26. The Morgan fingerprint density at radius 3 is 2.79 bits per heavy atom. The van der Waals surface area contributed by atoms with E-state index in [2.05, 4.69) is 10.1 Å². The molecule has 2 rings (SSSR count). The van der Waals surface area contributed by atoms with Gasteiger partial charge in [-0.15, -0.1) is 0 Å². The average Bonchev–Trinajstić information content (AvgIpc) is 2.40. The molecule has 0 aliphatic rings. The minimum absolute atomic E-state index is 0.0152. The summed E-state index contributed by atoms with van der Waals surface area (Å²) in [6.07, 6.45) is 2.84. The van der Waals surface area contributed by atoms with Gasteiger partial charge in [0, 0.05) is 17.8 Å². The van der Waals surface area contributed by atoms with Gasteiger partial charge in [-0.3, -0.25) is 4.98 Å². The lowest BCUT2D eigenvalue weighted by Crippen LogP contribution is -2.13. The van der Waals surface area contributed by atoms with Gasteiger partial charge in [-0.1, -0.05) is 16.8 Å². The SMILES string of the molecule is NC(=NO)c1ccc(Oc2cncc(Cl)c2)c(F)c1. The first kappa shape index (κ1) is 13.1. The van der Waals surface area contributed by atoms with Crippen molar-refractivity contribution in [3.63, 3.8) is 0 Å². The van der Waals surface area contributed by atoms with E-state index < -0.39 is 5.82 Å². The fourth-order valence-corrected chi connectivity index (χ4v) is 1.54. The zero-order valence-corrected chi connectivity index (χ0v) is 10.3. The number of halogens is 2. The van der Waals surface area contributed by atoms with Gasteiger partial charge in [-0.25, -0.2) is 4.39 Å². The lowest BCUT2D eigenvalue weighted by atomic mass is 10.2. The predicted molar refractivity (Wildman–Crippen MR) is 68.2 cm³/mol. The number of oxime groups is 1. The molecule has 0 radical (unpaired) electrons. The molecule has 1 aromatic carbocycles. The molecule has 0 saturated carbocycles. The predicted octanol–water partition coefficient (Wildman–Crippen LogP) is 2.76. The number of benzene rings is 1. The van der Waals surface area contributed by atoms with Gasteiger partial charge in [-0.05, 0) is 18.2 Å². The van der Waals surface area contributed by atoms with Crippen LogP contribution in [0.2, 0.25) is 5.02 Å². The number of ether oxygens (including phenoxy) is 1. The first-order chi connectivity index (χ1) is 9.10. The van der Waals surface area contributed by atoms with Gasteiger partial charge >= 0.3 is 0 Å².